The van der Waals surface area contributed by atoms with Gasteiger partial charge in [0.25, 0.3) is 0 Å². The fraction of sp³-hybridized carbons (Fsp3) is 0.417. The van der Waals surface area contributed by atoms with Crippen LogP contribution in [0.4, 0.5) is 13.2 Å². The van der Waals surface area contributed by atoms with E-state index in [0.29, 0.717) is 5.56 Å². The van der Waals surface area contributed by atoms with E-state index in [0.717, 1.165) is 5.56 Å². The van der Waals surface area contributed by atoms with E-state index in [1.807, 2.05) is 0 Å². The van der Waals surface area contributed by atoms with E-state index < -0.39 is 24.5 Å². The van der Waals surface area contributed by atoms with Crippen molar-refractivity contribution in [3.63, 3.8) is 0 Å². The number of carbonyl (C=O) groups is 1. The van der Waals surface area contributed by atoms with Crippen molar-refractivity contribution in [2.45, 2.75) is 25.9 Å². The number of rotatable bonds is 4. The number of carboxylic acid groups (broad SMARTS) is 1. The summed E-state index contributed by atoms with van der Waals surface area (Å²) in [5.74, 6) is -3.26. The number of alkyl halides is 3. The predicted molar refractivity (Wildman–Crippen MR) is 56.7 cm³/mol. The van der Waals surface area contributed by atoms with Gasteiger partial charge in [-0.15, -0.1) is 0 Å². The van der Waals surface area contributed by atoms with Crippen molar-refractivity contribution >= 4 is 5.97 Å². The number of carboxylic acids is 1. The Morgan fingerprint density at radius 1 is 1.41 bits per heavy atom. The van der Waals surface area contributed by atoms with E-state index in [1.165, 1.54) is 0 Å². The molecule has 0 heterocycles. The lowest BCUT2D eigenvalue weighted by atomic mass is 9.95. The monoisotopic (exact) mass is 246 g/mol. The van der Waals surface area contributed by atoms with Gasteiger partial charge in [0, 0.05) is 0 Å². The minimum absolute atomic E-state index is 0.294. The van der Waals surface area contributed by atoms with Crippen molar-refractivity contribution in [3.05, 3.63) is 35.4 Å². The molecule has 0 bridgehead atoms. The Balaban J connectivity index is 2.83. The normalized spacial score (nSPS) is 13.4. The molecule has 0 aromatic heterocycles. The fourth-order valence-electron chi connectivity index (χ4n) is 1.64. The van der Waals surface area contributed by atoms with E-state index in [-0.39, 0.29) is 6.42 Å². The number of halogens is 3. The third kappa shape index (κ3) is 4.46. The van der Waals surface area contributed by atoms with Gasteiger partial charge in [0.05, 0.1) is 12.3 Å². The van der Waals surface area contributed by atoms with Crippen LogP contribution >= 0.6 is 0 Å². The average molecular weight is 246 g/mol. The Kier molecular flexibility index (Phi) is 4.15. The van der Waals surface area contributed by atoms with Gasteiger partial charge < -0.3 is 5.11 Å². The Morgan fingerprint density at radius 3 is 2.53 bits per heavy atom. The van der Waals surface area contributed by atoms with Crippen molar-refractivity contribution < 1.29 is 23.1 Å². The highest BCUT2D eigenvalue weighted by Crippen LogP contribution is 2.31. The van der Waals surface area contributed by atoms with E-state index in [9.17, 15) is 18.0 Å². The first-order chi connectivity index (χ1) is 7.79. The van der Waals surface area contributed by atoms with Crippen LogP contribution in [0.3, 0.4) is 0 Å². The Hall–Kier alpha value is -1.52. The lowest BCUT2D eigenvalue weighted by Gasteiger charge is -2.18. The van der Waals surface area contributed by atoms with Gasteiger partial charge in [-0.3, -0.25) is 4.79 Å². The van der Waals surface area contributed by atoms with Crippen LogP contribution in [0.2, 0.25) is 0 Å². The van der Waals surface area contributed by atoms with Crippen LogP contribution < -0.4 is 0 Å². The van der Waals surface area contributed by atoms with Crippen LogP contribution in [0.1, 0.15) is 17.5 Å². The van der Waals surface area contributed by atoms with Gasteiger partial charge in [0.15, 0.2) is 0 Å². The van der Waals surface area contributed by atoms with Crippen molar-refractivity contribution in [2.75, 3.05) is 0 Å². The highest BCUT2D eigenvalue weighted by Gasteiger charge is 2.40. The maximum Gasteiger partial charge on any atom is 0.392 e. The summed E-state index contributed by atoms with van der Waals surface area (Å²) in [4.78, 5) is 10.4. The molecule has 0 aliphatic carbocycles. The SMILES string of the molecule is Cc1cccc(CC(CC(=O)O)C(F)(F)F)c1. The van der Waals surface area contributed by atoms with E-state index in [2.05, 4.69) is 0 Å². The molecule has 1 aromatic rings. The smallest absolute Gasteiger partial charge is 0.392 e. The van der Waals surface area contributed by atoms with Gasteiger partial charge in [-0.2, -0.15) is 13.2 Å². The largest absolute Gasteiger partial charge is 0.481 e. The molecular weight excluding hydrogens is 233 g/mol. The second-order valence-corrected chi connectivity index (χ2v) is 4.03. The first-order valence-corrected chi connectivity index (χ1v) is 5.13. The van der Waals surface area contributed by atoms with E-state index in [4.69, 9.17) is 5.11 Å². The molecule has 0 aliphatic heterocycles. The second kappa shape index (κ2) is 5.21. The maximum absolute atomic E-state index is 12.6. The summed E-state index contributed by atoms with van der Waals surface area (Å²) < 4.78 is 37.8. The lowest BCUT2D eigenvalue weighted by molar-refractivity contribution is -0.182. The van der Waals surface area contributed by atoms with Crippen molar-refractivity contribution in [3.8, 4) is 0 Å². The summed E-state index contributed by atoms with van der Waals surface area (Å²) in [7, 11) is 0. The first kappa shape index (κ1) is 13.5. The summed E-state index contributed by atoms with van der Waals surface area (Å²) >= 11 is 0. The zero-order chi connectivity index (χ0) is 13.1. The highest BCUT2D eigenvalue weighted by molar-refractivity contribution is 5.67. The molecule has 0 amide bonds. The number of hydrogen-bond donors (Lipinski definition) is 1. The lowest BCUT2D eigenvalue weighted by Crippen LogP contribution is -2.27. The molecule has 0 spiro atoms. The van der Waals surface area contributed by atoms with Crippen LogP contribution in [0.5, 0.6) is 0 Å². The fourth-order valence-corrected chi connectivity index (χ4v) is 1.64. The molecule has 5 heteroatoms. The van der Waals surface area contributed by atoms with Gasteiger partial charge in [-0.25, -0.2) is 0 Å². The van der Waals surface area contributed by atoms with Crippen molar-refractivity contribution in [2.24, 2.45) is 5.92 Å². The molecule has 0 fully saturated rings. The summed E-state index contributed by atoms with van der Waals surface area (Å²) in [6.07, 6.45) is -5.67. The molecule has 1 atom stereocenters. The Labute approximate surface area is 97.1 Å². The van der Waals surface area contributed by atoms with E-state index in [1.54, 1.807) is 31.2 Å². The van der Waals surface area contributed by atoms with Crippen LogP contribution in [0.15, 0.2) is 24.3 Å². The van der Waals surface area contributed by atoms with Gasteiger partial charge in [-0.05, 0) is 18.9 Å². The van der Waals surface area contributed by atoms with Gasteiger partial charge in [0.1, 0.15) is 0 Å². The first-order valence-electron chi connectivity index (χ1n) is 5.13. The summed E-state index contributed by atoms with van der Waals surface area (Å²) in [6.45, 7) is 1.78. The summed E-state index contributed by atoms with van der Waals surface area (Å²) in [5, 5.41) is 8.48. The standard InChI is InChI=1S/C12H13F3O2/c1-8-3-2-4-9(5-8)6-10(7-11(16)17)12(13,14)15/h2-5,10H,6-7H2,1H3,(H,16,17). The third-order valence-corrected chi connectivity index (χ3v) is 2.45. The minimum Gasteiger partial charge on any atom is -0.481 e. The molecule has 2 nitrogen and oxygen atoms in total. The third-order valence-electron chi connectivity index (χ3n) is 2.45. The van der Waals surface area contributed by atoms with Crippen LogP contribution in [-0.2, 0) is 11.2 Å². The number of aryl methyl sites for hydroxylation is 1. The zero-order valence-corrected chi connectivity index (χ0v) is 9.29. The number of benzene rings is 1. The molecule has 94 valence electrons. The Morgan fingerprint density at radius 2 is 2.06 bits per heavy atom. The molecule has 0 radical (unpaired) electrons. The molecule has 1 unspecified atom stereocenters. The molecule has 17 heavy (non-hydrogen) atoms. The summed E-state index contributed by atoms with van der Waals surface area (Å²) in [6, 6.07) is 6.66. The molecule has 1 N–H and O–H groups in total. The highest BCUT2D eigenvalue weighted by atomic mass is 19.4. The van der Waals surface area contributed by atoms with Crippen LogP contribution in [0.25, 0.3) is 0 Å². The van der Waals surface area contributed by atoms with Crippen LogP contribution in [-0.4, -0.2) is 17.3 Å². The van der Waals surface area contributed by atoms with Gasteiger partial charge >= 0.3 is 12.1 Å². The molecular formula is C12H13F3O2. The van der Waals surface area contributed by atoms with Gasteiger partial charge in [0.2, 0.25) is 0 Å². The second-order valence-electron chi connectivity index (χ2n) is 4.03. The molecule has 0 saturated heterocycles. The quantitative estimate of drug-likeness (QED) is 0.885. The van der Waals surface area contributed by atoms with Crippen LogP contribution in [0, 0.1) is 12.8 Å². The molecule has 0 saturated carbocycles. The van der Waals surface area contributed by atoms with Crippen molar-refractivity contribution in [1.82, 2.24) is 0 Å². The molecule has 1 aromatic carbocycles. The van der Waals surface area contributed by atoms with Gasteiger partial charge in [-0.1, -0.05) is 29.8 Å². The molecule has 1 rings (SSSR count). The maximum atomic E-state index is 12.6. The number of aliphatic carboxylic acids is 1. The topological polar surface area (TPSA) is 37.3 Å². The predicted octanol–water partition coefficient (Wildman–Crippen LogP) is 3.19. The number of hydrogen-bond acceptors (Lipinski definition) is 1. The Bertz CT molecular complexity index is 399. The van der Waals surface area contributed by atoms with E-state index >= 15 is 0 Å². The average Bonchev–Trinajstić information content (AvgIpc) is 2.14. The summed E-state index contributed by atoms with van der Waals surface area (Å²) in [5.41, 5.74) is 1.37. The zero-order valence-electron chi connectivity index (χ0n) is 9.29. The molecule has 0 aliphatic rings. The minimum atomic E-state index is -4.48. The van der Waals surface area contributed by atoms with Crippen molar-refractivity contribution in [1.29, 1.82) is 0 Å².